The third-order valence-corrected chi connectivity index (χ3v) is 2.64. The molecule has 2 heterocycles. The number of hydrogen-bond acceptors (Lipinski definition) is 4. The first kappa shape index (κ1) is 12.1. The van der Waals surface area contributed by atoms with Crippen molar-refractivity contribution < 1.29 is 4.79 Å². The van der Waals surface area contributed by atoms with Crippen LogP contribution in [0.4, 0.5) is 5.69 Å². The van der Waals surface area contributed by atoms with Crippen LogP contribution < -0.4 is 5.32 Å². The summed E-state index contributed by atoms with van der Waals surface area (Å²) < 4.78 is 0. The summed E-state index contributed by atoms with van der Waals surface area (Å²) in [5, 5.41) is 3.19. The molecule has 0 spiro atoms. The highest BCUT2D eigenvalue weighted by Gasteiger charge is 2.21. The Kier molecular flexibility index (Phi) is 3.44. The average molecular weight is 274 g/mol. The third kappa shape index (κ3) is 2.65. The number of nitrogens with zero attached hydrogens (tertiary/aromatic N) is 4. The second-order valence-electron chi connectivity index (χ2n) is 3.35. The van der Waals surface area contributed by atoms with Gasteiger partial charge in [0.1, 0.15) is 5.69 Å². The van der Waals surface area contributed by atoms with Gasteiger partial charge in [0.05, 0.1) is 6.20 Å². The van der Waals surface area contributed by atoms with Gasteiger partial charge in [-0.15, -0.1) is 0 Å². The third-order valence-electron chi connectivity index (χ3n) is 2.18. The molecule has 0 bridgehead atoms. The van der Waals surface area contributed by atoms with Crippen molar-refractivity contribution in [3.05, 3.63) is 16.6 Å². The van der Waals surface area contributed by atoms with Gasteiger partial charge in [0.15, 0.2) is 5.15 Å². The van der Waals surface area contributed by atoms with Gasteiger partial charge >= 0.3 is 0 Å². The predicted octanol–water partition coefficient (Wildman–Crippen LogP) is 1.22. The second-order valence-corrected chi connectivity index (χ2v) is 4.04. The molecule has 17 heavy (non-hydrogen) atoms. The van der Waals surface area contributed by atoms with E-state index < -0.39 is 0 Å². The van der Waals surface area contributed by atoms with E-state index in [9.17, 15) is 4.79 Å². The number of nitrogens with one attached hydrogen (secondary N) is 1. The number of aliphatic imine (C=N–C) groups is 1. The van der Waals surface area contributed by atoms with E-state index in [1.54, 1.807) is 0 Å². The minimum absolute atomic E-state index is 0.0572. The molecule has 1 aliphatic heterocycles. The molecule has 1 saturated heterocycles. The van der Waals surface area contributed by atoms with Crippen LogP contribution in [0.25, 0.3) is 0 Å². The molecule has 1 fully saturated rings. The zero-order valence-corrected chi connectivity index (χ0v) is 10.5. The Labute approximate surface area is 108 Å². The van der Waals surface area contributed by atoms with Crippen molar-refractivity contribution in [3.63, 3.8) is 0 Å². The van der Waals surface area contributed by atoms with E-state index in [1.165, 1.54) is 18.0 Å². The standard InChI is InChI=1S/C9H9Cl2N5O/c1-5(17)16-3-2-12-9(16)14-6-4-13-8(11)15-7(6)10/h4H,2-3H2,1H3,(H,12,14). The maximum Gasteiger partial charge on any atom is 0.226 e. The quantitative estimate of drug-likeness (QED) is 0.617. The van der Waals surface area contributed by atoms with Gasteiger partial charge in [0.25, 0.3) is 0 Å². The molecule has 0 atom stereocenters. The van der Waals surface area contributed by atoms with Crippen molar-refractivity contribution >= 4 is 40.8 Å². The van der Waals surface area contributed by atoms with E-state index in [0.717, 1.165) is 0 Å². The number of hydrogen-bond donors (Lipinski definition) is 1. The van der Waals surface area contributed by atoms with Crippen LogP contribution in [0.3, 0.4) is 0 Å². The van der Waals surface area contributed by atoms with E-state index in [-0.39, 0.29) is 16.3 Å². The van der Waals surface area contributed by atoms with E-state index >= 15 is 0 Å². The molecule has 90 valence electrons. The van der Waals surface area contributed by atoms with Gasteiger partial charge in [-0.1, -0.05) is 11.6 Å². The van der Waals surface area contributed by atoms with E-state index in [2.05, 4.69) is 20.3 Å². The summed E-state index contributed by atoms with van der Waals surface area (Å²) in [5.74, 6) is 0.366. The van der Waals surface area contributed by atoms with Crippen molar-refractivity contribution in [2.45, 2.75) is 6.92 Å². The Hall–Kier alpha value is -1.40. The number of halogens is 2. The first-order valence-electron chi connectivity index (χ1n) is 4.86. The van der Waals surface area contributed by atoms with Crippen LogP contribution in [-0.2, 0) is 4.79 Å². The molecule has 1 aromatic rings. The van der Waals surface area contributed by atoms with Crippen LogP contribution in [0.15, 0.2) is 11.2 Å². The Balaban J connectivity index is 2.32. The van der Waals surface area contributed by atoms with Crippen molar-refractivity contribution in [2.75, 3.05) is 13.1 Å². The molecule has 1 amide bonds. The largest absolute Gasteiger partial charge is 0.354 e. The minimum Gasteiger partial charge on any atom is -0.354 e. The summed E-state index contributed by atoms with van der Waals surface area (Å²) >= 11 is 11.4. The Morgan fingerprint density at radius 2 is 2.35 bits per heavy atom. The normalized spacial score (nSPS) is 17.4. The molecule has 0 radical (unpaired) electrons. The molecule has 6 nitrogen and oxygen atoms in total. The summed E-state index contributed by atoms with van der Waals surface area (Å²) in [5.41, 5.74) is 0.367. The molecule has 1 aliphatic rings. The molecule has 2 rings (SSSR count). The lowest BCUT2D eigenvalue weighted by molar-refractivity contribution is -0.124. The highest BCUT2D eigenvalue weighted by molar-refractivity contribution is 6.33. The van der Waals surface area contributed by atoms with E-state index in [4.69, 9.17) is 23.2 Å². The van der Waals surface area contributed by atoms with Gasteiger partial charge in [-0.25, -0.2) is 15.0 Å². The SMILES string of the molecule is CC(=O)N1CCNC1=Nc1cnc(Cl)nc1Cl. The maximum absolute atomic E-state index is 11.3. The Morgan fingerprint density at radius 3 is 3.00 bits per heavy atom. The van der Waals surface area contributed by atoms with Crippen LogP contribution in [0.5, 0.6) is 0 Å². The van der Waals surface area contributed by atoms with E-state index in [1.807, 2.05) is 0 Å². The van der Waals surface area contributed by atoms with Crippen LogP contribution in [0, 0.1) is 0 Å². The Morgan fingerprint density at radius 1 is 1.59 bits per heavy atom. The first-order valence-corrected chi connectivity index (χ1v) is 5.62. The monoisotopic (exact) mass is 273 g/mol. The van der Waals surface area contributed by atoms with Gasteiger partial charge in [-0.2, -0.15) is 0 Å². The second kappa shape index (κ2) is 4.85. The maximum atomic E-state index is 11.3. The fraction of sp³-hybridized carbons (Fsp3) is 0.333. The number of rotatable bonds is 1. The summed E-state index contributed by atoms with van der Waals surface area (Å²) in [6.45, 7) is 2.72. The van der Waals surface area contributed by atoms with Crippen LogP contribution in [0.2, 0.25) is 10.4 Å². The summed E-state index contributed by atoms with van der Waals surface area (Å²) in [6.07, 6.45) is 1.41. The molecular formula is C9H9Cl2N5O. The zero-order valence-electron chi connectivity index (χ0n) is 8.94. The van der Waals surface area contributed by atoms with Crippen molar-refractivity contribution in [1.29, 1.82) is 0 Å². The molecule has 0 saturated carbocycles. The first-order chi connectivity index (χ1) is 8.08. The van der Waals surface area contributed by atoms with Gasteiger partial charge in [0, 0.05) is 20.0 Å². The van der Waals surface area contributed by atoms with Crippen molar-refractivity contribution in [1.82, 2.24) is 20.2 Å². The summed E-state index contributed by atoms with van der Waals surface area (Å²) in [4.78, 5) is 24.6. The van der Waals surface area contributed by atoms with Gasteiger partial charge in [-0.3, -0.25) is 9.69 Å². The number of carbonyl (C=O) groups excluding carboxylic acids is 1. The lowest BCUT2D eigenvalue weighted by Gasteiger charge is -2.12. The van der Waals surface area contributed by atoms with E-state index in [0.29, 0.717) is 24.7 Å². The van der Waals surface area contributed by atoms with Gasteiger partial charge in [0.2, 0.25) is 17.2 Å². The predicted molar refractivity (Wildman–Crippen MR) is 64.5 cm³/mol. The fourth-order valence-corrected chi connectivity index (χ4v) is 1.76. The highest BCUT2D eigenvalue weighted by atomic mass is 35.5. The summed E-state index contributed by atoms with van der Waals surface area (Å²) in [7, 11) is 0. The Bertz CT molecular complexity index is 490. The topological polar surface area (TPSA) is 70.5 Å². The summed E-state index contributed by atoms with van der Waals surface area (Å²) in [6, 6.07) is 0. The molecule has 1 aromatic heterocycles. The van der Waals surface area contributed by atoms with Crippen LogP contribution in [0.1, 0.15) is 6.92 Å². The zero-order chi connectivity index (χ0) is 12.4. The van der Waals surface area contributed by atoms with Crippen molar-refractivity contribution in [2.24, 2.45) is 4.99 Å². The molecular weight excluding hydrogens is 265 g/mol. The van der Waals surface area contributed by atoms with Gasteiger partial charge in [-0.05, 0) is 11.6 Å². The molecule has 0 aliphatic carbocycles. The number of amides is 1. The smallest absolute Gasteiger partial charge is 0.226 e. The molecule has 8 heteroatoms. The lowest BCUT2D eigenvalue weighted by atomic mass is 10.5. The molecule has 0 unspecified atom stereocenters. The van der Waals surface area contributed by atoms with Gasteiger partial charge < -0.3 is 5.32 Å². The number of guanidine groups is 1. The number of aromatic nitrogens is 2. The number of carbonyl (C=O) groups is 1. The van der Waals surface area contributed by atoms with Crippen LogP contribution >= 0.6 is 23.2 Å². The van der Waals surface area contributed by atoms with Crippen LogP contribution in [-0.4, -0.2) is 39.8 Å². The van der Waals surface area contributed by atoms with Crippen molar-refractivity contribution in [3.8, 4) is 0 Å². The minimum atomic E-state index is -0.0836. The highest BCUT2D eigenvalue weighted by Crippen LogP contribution is 2.23. The fourth-order valence-electron chi connectivity index (χ4n) is 1.41. The lowest BCUT2D eigenvalue weighted by Crippen LogP contribution is -2.33. The average Bonchev–Trinajstić information content (AvgIpc) is 2.70. The molecule has 1 N–H and O–H groups in total. The molecule has 0 aromatic carbocycles.